The normalized spacial score (nSPS) is 20.7. The van der Waals surface area contributed by atoms with E-state index in [0.717, 1.165) is 0 Å². The summed E-state index contributed by atoms with van der Waals surface area (Å²) in [5.41, 5.74) is 2.57. The second kappa shape index (κ2) is 11.9. The number of thiazole rings is 1. The van der Waals surface area contributed by atoms with Crippen LogP contribution in [0, 0.1) is 6.92 Å². The van der Waals surface area contributed by atoms with Crippen LogP contribution >= 0.6 is 47.0 Å². The number of nitrogens with one attached hydrogen (secondary N) is 1. The van der Waals surface area contributed by atoms with Gasteiger partial charge in [-0.3, -0.25) is 18.8 Å². The van der Waals surface area contributed by atoms with Gasteiger partial charge in [0.1, 0.15) is 36.3 Å². The van der Waals surface area contributed by atoms with Gasteiger partial charge < -0.3 is 23.7 Å². The van der Waals surface area contributed by atoms with Crippen LogP contribution in [0.15, 0.2) is 45.3 Å². The molecule has 206 valence electrons. The predicted molar refractivity (Wildman–Crippen MR) is 145 cm³/mol. The van der Waals surface area contributed by atoms with E-state index in [1.807, 2.05) is 4.31 Å². The second-order valence-electron chi connectivity index (χ2n) is 7.99. The van der Waals surface area contributed by atoms with Crippen LogP contribution in [0.3, 0.4) is 0 Å². The first-order chi connectivity index (χ1) is 18.9. The minimum absolute atomic E-state index is 0.0693. The van der Waals surface area contributed by atoms with Crippen LogP contribution in [-0.4, -0.2) is 79.9 Å². The minimum Gasteiger partial charge on any atom is -0.453 e. The largest absolute Gasteiger partial charge is 0.519 e. The van der Waals surface area contributed by atoms with Gasteiger partial charge in [0.15, 0.2) is 23.8 Å². The zero-order valence-corrected chi connectivity index (χ0v) is 23.6. The molecule has 0 aromatic carbocycles. The molecule has 2 aromatic heterocycles. The highest BCUT2D eigenvalue weighted by molar-refractivity contribution is 8.02. The Labute approximate surface area is 237 Å². The van der Waals surface area contributed by atoms with Crippen LogP contribution in [0.4, 0.5) is 0 Å². The lowest BCUT2D eigenvalue weighted by molar-refractivity contribution is -0.153. The standard InChI is InChI=1S/C21H20N6O8S4/c1-10-13(35-21(31)34-10)3-33-20(30)16-11(5-39-26-7-23-38-9-26)4-37-19-15(18(29)27(16)19)24-17(28)14(25-32-2)12-6-36-8-22-12/h6-8,15,19H,3-5,9H2,1-2H3,(H,24,28)/b25-14-/t15?,19-/m0/s1. The summed E-state index contributed by atoms with van der Waals surface area (Å²) in [6.07, 6.45) is 1.69. The lowest BCUT2D eigenvalue weighted by atomic mass is 10.0. The number of aromatic nitrogens is 1. The van der Waals surface area contributed by atoms with Crippen LogP contribution in [0.2, 0.25) is 0 Å². The minimum atomic E-state index is -0.906. The number of esters is 1. The number of thioether (sulfide) groups is 1. The molecule has 0 spiro atoms. The van der Waals surface area contributed by atoms with E-state index in [0.29, 0.717) is 28.6 Å². The van der Waals surface area contributed by atoms with Gasteiger partial charge >= 0.3 is 11.8 Å². The number of ether oxygens (including phenoxy) is 1. The molecular formula is C21H20N6O8S4. The third-order valence-electron chi connectivity index (χ3n) is 5.61. The average molecular weight is 613 g/mol. The number of fused-ring (bicyclic) bond motifs is 1. The highest BCUT2D eigenvalue weighted by Gasteiger charge is 2.54. The lowest BCUT2D eigenvalue weighted by Crippen LogP contribution is -2.71. The van der Waals surface area contributed by atoms with Crippen LogP contribution in [0.1, 0.15) is 17.2 Å². The number of aryl methyl sites for hydroxylation is 1. The molecule has 14 nitrogen and oxygen atoms in total. The van der Waals surface area contributed by atoms with Gasteiger partial charge in [0, 0.05) is 16.9 Å². The average Bonchev–Trinajstić information content (AvgIpc) is 3.70. The molecular weight excluding hydrogens is 593 g/mol. The molecule has 1 unspecified atom stereocenters. The number of carbonyl (C=O) groups excluding carboxylic acids is 3. The fourth-order valence-electron chi connectivity index (χ4n) is 3.76. The Morgan fingerprint density at radius 1 is 1.33 bits per heavy atom. The van der Waals surface area contributed by atoms with Gasteiger partial charge in [0.2, 0.25) is 0 Å². The predicted octanol–water partition coefficient (Wildman–Crippen LogP) is 1.34. The fourth-order valence-corrected chi connectivity index (χ4v) is 7.38. The van der Waals surface area contributed by atoms with Gasteiger partial charge in [-0.05, 0) is 36.4 Å². The van der Waals surface area contributed by atoms with E-state index in [-0.39, 0.29) is 29.5 Å². The Morgan fingerprint density at radius 3 is 2.85 bits per heavy atom. The summed E-state index contributed by atoms with van der Waals surface area (Å²) in [5, 5.41) is 7.54. The SMILES string of the molecule is CO/N=C(\C(=O)NC1C(=O)N2C(C(=O)OCc3oc(=O)oc3C)=C(CSN3C=NSC3)CS[C@@H]12)c1cscn1. The molecule has 2 atom stereocenters. The summed E-state index contributed by atoms with van der Waals surface area (Å²) in [6, 6.07) is -0.906. The number of oxime groups is 1. The number of amides is 2. The van der Waals surface area contributed by atoms with Crippen molar-refractivity contribution < 1.29 is 32.8 Å². The van der Waals surface area contributed by atoms with Gasteiger partial charge in [-0.2, -0.15) is 0 Å². The zero-order chi connectivity index (χ0) is 27.5. The van der Waals surface area contributed by atoms with Crippen LogP contribution < -0.4 is 11.1 Å². The number of nitrogens with zero attached hydrogens (tertiary/aromatic N) is 5. The van der Waals surface area contributed by atoms with E-state index in [1.54, 1.807) is 17.2 Å². The van der Waals surface area contributed by atoms with Crippen molar-refractivity contribution in [3.63, 3.8) is 0 Å². The maximum atomic E-state index is 13.3. The van der Waals surface area contributed by atoms with Gasteiger partial charge in [-0.25, -0.2) is 19.0 Å². The number of rotatable bonds is 10. The number of carbonyl (C=O) groups is 3. The smallest absolute Gasteiger partial charge is 0.453 e. The molecule has 3 aliphatic heterocycles. The van der Waals surface area contributed by atoms with Crippen molar-refractivity contribution in [2.45, 2.75) is 24.9 Å². The van der Waals surface area contributed by atoms with Gasteiger partial charge in [0.25, 0.3) is 11.8 Å². The molecule has 5 rings (SSSR count). The third-order valence-corrected chi connectivity index (χ3v) is 9.37. The second-order valence-corrected chi connectivity index (χ2v) is 11.6. The van der Waals surface area contributed by atoms with Crippen molar-refractivity contribution in [2.75, 3.05) is 24.5 Å². The molecule has 39 heavy (non-hydrogen) atoms. The summed E-state index contributed by atoms with van der Waals surface area (Å²) in [4.78, 5) is 61.1. The zero-order valence-electron chi connectivity index (χ0n) is 20.4. The molecule has 2 aromatic rings. The number of β-lactam (4-membered cyclic amide) rings is 1. The van der Waals surface area contributed by atoms with Crippen molar-refractivity contribution in [2.24, 2.45) is 9.55 Å². The molecule has 0 saturated carbocycles. The molecule has 5 heterocycles. The molecule has 2 amide bonds. The topological polar surface area (TPSA) is 169 Å². The molecule has 1 saturated heterocycles. The fraction of sp³-hybridized carbons (Fsp3) is 0.381. The summed E-state index contributed by atoms with van der Waals surface area (Å²) in [7, 11) is 1.30. The van der Waals surface area contributed by atoms with Crippen LogP contribution in [-0.2, 0) is 30.6 Å². The Morgan fingerprint density at radius 2 is 2.18 bits per heavy atom. The number of hydrogen-bond donors (Lipinski definition) is 1. The van der Waals surface area contributed by atoms with Crippen LogP contribution in [0.5, 0.6) is 0 Å². The van der Waals surface area contributed by atoms with E-state index in [1.165, 1.54) is 65.9 Å². The summed E-state index contributed by atoms with van der Waals surface area (Å²) >= 11 is 5.54. The summed E-state index contributed by atoms with van der Waals surface area (Å²) in [5.74, 6) is -1.02. The van der Waals surface area contributed by atoms with Crippen molar-refractivity contribution >= 4 is 76.8 Å². The van der Waals surface area contributed by atoms with Gasteiger partial charge in [-0.1, -0.05) is 5.16 Å². The Bertz CT molecular complexity index is 1420. The number of hydrogen-bond acceptors (Lipinski definition) is 16. The monoisotopic (exact) mass is 612 g/mol. The van der Waals surface area contributed by atoms with Gasteiger partial charge in [-0.15, -0.1) is 23.1 Å². The van der Waals surface area contributed by atoms with Crippen molar-refractivity contribution in [1.82, 2.24) is 19.5 Å². The molecule has 0 bridgehead atoms. The maximum absolute atomic E-state index is 13.3. The Kier molecular flexibility index (Phi) is 8.34. The maximum Gasteiger partial charge on any atom is 0.519 e. The Hall–Kier alpha value is -3.22. The third kappa shape index (κ3) is 5.73. The molecule has 0 radical (unpaired) electrons. The van der Waals surface area contributed by atoms with E-state index >= 15 is 0 Å². The van der Waals surface area contributed by atoms with Gasteiger partial charge in [0.05, 0.1) is 11.4 Å². The first-order valence-electron chi connectivity index (χ1n) is 11.2. The summed E-state index contributed by atoms with van der Waals surface area (Å²) < 4.78 is 21.2. The molecule has 3 aliphatic rings. The van der Waals surface area contributed by atoms with Crippen molar-refractivity contribution in [1.29, 1.82) is 0 Å². The highest BCUT2D eigenvalue weighted by atomic mass is 32.2. The first-order valence-corrected chi connectivity index (χ1v) is 15.0. The molecule has 1 fully saturated rings. The highest BCUT2D eigenvalue weighted by Crippen LogP contribution is 2.42. The lowest BCUT2D eigenvalue weighted by Gasteiger charge is -2.49. The molecule has 1 N–H and O–H groups in total. The van der Waals surface area contributed by atoms with E-state index in [9.17, 15) is 19.2 Å². The quantitative estimate of drug-likeness (QED) is 0.134. The molecule has 18 heteroatoms. The molecule has 0 aliphatic carbocycles. The first kappa shape index (κ1) is 27.4. The van der Waals surface area contributed by atoms with E-state index in [2.05, 4.69) is 19.9 Å². The van der Waals surface area contributed by atoms with E-state index in [4.69, 9.17) is 18.4 Å². The van der Waals surface area contributed by atoms with E-state index < -0.39 is 35.0 Å². The Balaban J connectivity index is 1.34. The van der Waals surface area contributed by atoms with Crippen LogP contribution in [0.25, 0.3) is 0 Å². The summed E-state index contributed by atoms with van der Waals surface area (Å²) in [6.45, 7) is 1.16. The van der Waals surface area contributed by atoms with Crippen molar-refractivity contribution in [3.8, 4) is 0 Å². The van der Waals surface area contributed by atoms with Crippen molar-refractivity contribution in [3.05, 3.63) is 50.0 Å².